The second kappa shape index (κ2) is 5.62. The lowest BCUT2D eigenvalue weighted by atomic mass is 10.2. The highest BCUT2D eigenvalue weighted by Crippen LogP contribution is 2.26. The molecule has 0 amide bonds. The van der Waals surface area contributed by atoms with Gasteiger partial charge in [-0.2, -0.15) is 0 Å². The maximum absolute atomic E-state index is 14.4. The minimum atomic E-state index is -0.609. The van der Waals surface area contributed by atoms with Gasteiger partial charge in [-0.25, -0.2) is 4.39 Å². The van der Waals surface area contributed by atoms with Gasteiger partial charge in [-0.15, -0.1) is 0 Å². The van der Waals surface area contributed by atoms with E-state index in [4.69, 9.17) is 4.74 Å². The van der Waals surface area contributed by atoms with Crippen molar-refractivity contribution in [2.75, 3.05) is 31.2 Å². The zero-order valence-corrected chi connectivity index (χ0v) is 12.8. The lowest BCUT2D eigenvalue weighted by molar-refractivity contribution is -0.468. The van der Waals surface area contributed by atoms with Crippen LogP contribution in [0.1, 0.15) is 23.1 Å². The molecule has 0 saturated carbocycles. The topological polar surface area (TPSA) is 80.5 Å². The first-order chi connectivity index (χ1) is 10.9. The van der Waals surface area contributed by atoms with Crippen molar-refractivity contribution in [2.45, 2.75) is 13.8 Å². The number of hydrogen-bond donors (Lipinski definition) is 0. The van der Waals surface area contributed by atoms with Crippen LogP contribution in [0.15, 0.2) is 12.1 Å². The van der Waals surface area contributed by atoms with Crippen LogP contribution < -0.4 is 9.33 Å². The van der Waals surface area contributed by atoms with Gasteiger partial charge in [-0.05, 0) is 13.0 Å². The summed E-state index contributed by atoms with van der Waals surface area (Å²) in [5.74, 6) is -1.15. The Morgan fingerprint density at radius 2 is 2.00 bits per heavy atom. The molecule has 122 valence electrons. The zero-order valence-electron chi connectivity index (χ0n) is 12.8. The van der Waals surface area contributed by atoms with E-state index in [1.165, 1.54) is 19.9 Å². The predicted molar refractivity (Wildman–Crippen MR) is 81.8 cm³/mol. The number of carbonyl (C=O) groups excluding carboxylic acids is 1. The molecule has 1 saturated heterocycles. The number of aromatic nitrogens is 2. The number of nitrogens with zero attached hydrogens (tertiary/aromatic N) is 3. The number of carbonyl (C=O) groups is 1. The molecule has 0 bridgehead atoms. The fourth-order valence-electron chi connectivity index (χ4n) is 2.85. The molecule has 1 aliphatic heterocycles. The van der Waals surface area contributed by atoms with Crippen molar-refractivity contribution in [3.8, 4) is 0 Å². The Balaban J connectivity index is 2.28. The van der Waals surface area contributed by atoms with Crippen LogP contribution in [0.25, 0.3) is 11.0 Å². The Morgan fingerprint density at radius 1 is 1.35 bits per heavy atom. The van der Waals surface area contributed by atoms with Crippen molar-refractivity contribution in [3.05, 3.63) is 39.5 Å². The molecule has 0 atom stereocenters. The molecule has 1 aliphatic rings. The lowest BCUT2D eigenvalue weighted by Crippen LogP contribution is -2.37. The van der Waals surface area contributed by atoms with Crippen LogP contribution in [0.5, 0.6) is 0 Å². The summed E-state index contributed by atoms with van der Waals surface area (Å²) in [5.41, 5.74) is -0.151. The van der Waals surface area contributed by atoms with Crippen molar-refractivity contribution in [3.63, 3.8) is 0 Å². The average molecular weight is 321 g/mol. The average Bonchev–Trinajstić information content (AvgIpc) is 2.53. The summed E-state index contributed by atoms with van der Waals surface area (Å²) in [5, 5.41) is 12.4. The van der Waals surface area contributed by atoms with Gasteiger partial charge in [0, 0.05) is 24.9 Å². The molecule has 2 heterocycles. The number of fused-ring (bicyclic) bond motifs is 1. The van der Waals surface area contributed by atoms with Crippen molar-refractivity contribution >= 4 is 22.5 Å². The predicted octanol–water partition coefficient (Wildman–Crippen LogP) is 1.39. The molecular formula is C15H16FN3O4. The van der Waals surface area contributed by atoms with Gasteiger partial charge in [0.1, 0.15) is 5.52 Å². The Bertz CT molecular complexity index is 856. The van der Waals surface area contributed by atoms with Gasteiger partial charge in [0.15, 0.2) is 5.82 Å². The van der Waals surface area contributed by atoms with Crippen LogP contribution in [0.4, 0.5) is 10.1 Å². The minimum Gasteiger partial charge on any atom is -0.805 e. The third-order valence-electron chi connectivity index (χ3n) is 4.02. The van der Waals surface area contributed by atoms with E-state index in [9.17, 15) is 19.3 Å². The van der Waals surface area contributed by atoms with E-state index < -0.39 is 11.6 Å². The first kappa shape index (κ1) is 15.4. The van der Waals surface area contributed by atoms with Crippen molar-refractivity contribution in [1.82, 2.24) is 4.73 Å². The van der Waals surface area contributed by atoms with Crippen LogP contribution in [0.3, 0.4) is 0 Å². The van der Waals surface area contributed by atoms with Crippen LogP contribution in [0.2, 0.25) is 0 Å². The molecule has 8 heteroatoms. The molecule has 2 aromatic rings. The first-order valence-electron chi connectivity index (χ1n) is 7.24. The maximum Gasteiger partial charge on any atom is 0.324 e. The number of halogens is 1. The van der Waals surface area contributed by atoms with E-state index in [2.05, 4.69) is 0 Å². The molecule has 7 nitrogen and oxygen atoms in total. The van der Waals surface area contributed by atoms with E-state index in [1.807, 2.05) is 0 Å². The van der Waals surface area contributed by atoms with Crippen LogP contribution in [-0.2, 0) is 4.74 Å². The van der Waals surface area contributed by atoms with E-state index in [1.54, 1.807) is 4.90 Å². The van der Waals surface area contributed by atoms with Crippen molar-refractivity contribution in [1.29, 1.82) is 0 Å². The van der Waals surface area contributed by atoms with E-state index in [0.717, 1.165) is 6.07 Å². The van der Waals surface area contributed by atoms with Crippen molar-refractivity contribution in [2.24, 2.45) is 0 Å². The summed E-state index contributed by atoms with van der Waals surface area (Å²) < 4.78 is 20.5. The second-order valence-corrected chi connectivity index (χ2v) is 5.47. The third-order valence-corrected chi connectivity index (χ3v) is 4.02. The Morgan fingerprint density at radius 3 is 2.61 bits per heavy atom. The molecule has 0 spiro atoms. The molecular weight excluding hydrogens is 305 g/mol. The van der Waals surface area contributed by atoms with Crippen LogP contribution in [0, 0.1) is 22.9 Å². The number of ether oxygens (including phenoxy) is 1. The summed E-state index contributed by atoms with van der Waals surface area (Å²) in [6.07, 6.45) is 0. The summed E-state index contributed by atoms with van der Waals surface area (Å²) in [6.45, 7) is 4.54. The van der Waals surface area contributed by atoms with Gasteiger partial charge >= 0.3 is 5.69 Å². The third kappa shape index (κ3) is 2.44. The van der Waals surface area contributed by atoms with Gasteiger partial charge in [0.05, 0.1) is 35.1 Å². The number of rotatable bonds is 2. The molecule has 1 aromatic carbocycles. The molecule has 23 heavy (non-hydrogen) atoms. The molecule has 0 aliphatic carbocycles. The quantitative estimate of drug-likeness (QED) is 0.617. The Labute approximate surface area is 131 Å². The largest absolute Gasteiger partial charge is 0.805 e. The van der Waals surface area contributed by atoms with Crippen LogP contribution >= 0.6 is 0 Å². The highest BCUT2D eigenvalue weighted by Gasteiger charge is 2.26. The fraction of sp³-hybridized carbons (Fsp3) is 0.400. The molecule has 0 radical (unpaired) electrons. The fourth-order valence-corrected chi connectivity index (χ4v) is 2.85. The van der Waals surface area contributed by atoms with E-state index in [0.29, 0.717) is 35.5 Å². The van der Waals surface area contributed by atoms with Gasteiger partial charge < -0.3 is 19.6 Å². The summed E-state index contributed by atoms with van der Waals surface area (Å²) >= 11 is 0. The number of hydrogen-bond acceptors (Lipinski definition) is 5. The SMILES string of the molecule is CC(=O)c1c(C)n([O-])c2cc(N3CCOCC3)c(F)cc2[n+]1=O. The van der Waals surface area contributed by atoms with Gasteiger partial charge in [0.25, 0.3) is 5.52 Å². The number of Topliss-reactive ketones (excluding diaryl/α,β-unsaturated/α-hetero) is 1. The highest BCUT2D eigenvalue weighted by atomic mass is 19.1. The maximum atomic E-state index is 14.4. The first-order valence-corrected chi connectivity index (χ1v) is 7.24. The minimum absolute atomic E-state index is 0.000430. The molecule has 0 N–H and O–H groups in total. The molecule has 1 aromatic heterocycles. The molecule has 3 rings (SSSR count). The van der Waals surface area contributed by atoms with Crippen molar-refractivity contribution < 1.29 is 18.3 Å². The zero-order chi connectivity index (χ0) is 16.7. The molecule has 1 fully saturated rings. The Kier molecular flexibility index (Phi) is 3.77. The normalized spacial score (nSPS) is 15.2. The smallest absolute Gasteiger partial charge is 0.324 e. The summed E-state index contributed by atoms with van der Waals surface area (Å²) in [4.78, 5) is 25.7. The number of anilines is 1. The highest BCUT2D eigenvalue weighted by molar-refractivity contribution is 5.93. The number of morpholine rings is 1. The summed E-state index contributed by atoms with van der Waals surface area (Å²) in [7, 11) is 0. The van der Waals surface area contributed by atoms with E-state index in [-0.39, 0.29) is 28.1 Å². The van der Waals surface area contributed by atoms with Gasteiger partial charge in [0.2, 0.25) is 5.78 Å². The monoisotopic (exact) mass is 321 g/mol. The van der Waals surface area contributed by atoms with E-state index >= 15 is 0 Å². The van der Waals surface area contributed by atoms with Crippen LogP contribution in [-0.4, -0.2) is 36.8 Å². The van der Waals surface area contributed by atoms with Gasteiger partial charge in [-0.1, -0.05) is 0 Å². The molecule has 0 unspecified atom stereocenters. The number of benzene rings is 1. The lowest BCUT2D eigenvalue weighted by Gasteiger charge is -2.29. The second-order valence-electron chi connectivity index (χ2n) is 5.47. The Hall–Kier alpha value is -2.48. The van der Waals surface area contributed by atoms with Gasteiger partial charge in [-0.3, -0.25) is 4.79 Å². The summed E-state index contributed by atoms with van der Waals surface area (Å²) in [6, 6.07) is 2.36. The standard InChI is InChI=1S/C15H16FN3O4/c1-9-15(10(2)20)19(22)13-7-11(16)12(8-14(13)18(9)21)17-3-5-23-6-4-17/h7-8H,3-6H2,1-2H3. The number of ketones is 1.